The third kappa shape index (κ3) is 3.82. The number of halogens is 1. The Balaban J connectivity index is 1.59. The van der Waals surface area contributed by atoms with Crippen LogP contribution >= 0.6 is 15.9 Å². The van der Waals surface area contributed by atoms with E-state index in [-0.39, 0.29) is 24.8 Å². The van der Waals surface area contributed by atoms with E-state index >= 15 is 0 Å². The zero-order valence-electron chi connectivity index (χ0n) is 16.8. The molecule has 3 aromatic rings. The van der Waals surface area contributed by atoms with Crippen molar-refractivity contribution in [3.63, 3.8) is 0 Å². The largest absolute Gasteiger partial charge is 0.507 e. The van der Waals surface area contributed by atoms with E-state index in [1.807, 2.05) is 54.6 Å². The topological polar surface area (TPSA) is 76.6 Å². The first kappa shape index (κ1) is 19.8. The number of hydrogen-bond acceptors (Lipinski definition) is 5. The molecule has 0 saturated carbocycles. The maximum absolute atomic E-state index is 10.6. The van der Waals surface area contributed by atoms with Crippen LogP contribution in [0, 0.1) is 0 Å². The van der Waals surface area contributed by atoms with Crippen molar-refractivity contribution >= 4 is 21.6 Å². The number of nitrogens with two attached hydrogens (primary N) is 1. The van der Waals surface area contributed by atoms with Crippen molar-refractivity contribution in [1.82, 2.24) is 5.32 Å². The van der Waals surface area contributed by atoms with Gasteiger partial charge in [-0.2, -0.15) is 0 Å². The minimum Gasteiger partial charge on any atom is -0.507 e. The van der Waals surface area contributed by atoms with Gasteiger partial charge in [-0.1, -0.05) is 28.1 Å². The first-order chi connectivity index (χ1) is 15.1. The van der Waals surface area contributed by atoms with Crippen molar-refractivity contribution in [3.8, 4) is 23.0 Å². The summed E-state index contributed by atoms with van der Waals surface area (Å²) in [6, 6.07) is 19.2. The van der Waals surface area contributed by atoms with E-state index in [2.05, 4.69) is 32.6 Å². The second-order valence-corrected chi connectivity index (χ2v) is 8.35. The van der Waals surface area contributed by atoms with Crippen LogP contribution in [0.3, 0.4) is 0 Å². The number of phenolic OH excluding ortho intramolecular Hbond substituents is 1. The van der Waals surface area contributed by atoms with E-state index in [0.29, 0.717) is 0 Å². The monoisotopic (exact) mass is 481 g/mol. The van der Waals surface area contributed by atoms with Crippen LogP contribution in [-0.2, 0) is 0 Å². The average Bonchev–Trinajstić information content (AvgIpc) is 3.28. The Bertz CT molecular complexity index is 1160. The summed E-state index contributed by atoms with van der Waals surface area (Å²) >= 11 is 3.53. The lowest BCUT2D eigenvalue weighted by Gasteiger charge is -2.30. The summed E-state index contributed by atoms with van der Waals surface area (Å²) in [5, 5.41) is 16.4. The van der Waals surface area contributed by atoms with Gasteiger partial charge in [-0.15, -0.1) is 0 Å². The standard InChI is InChI=1S/C24H21BrN2O4/c1-29-21-5-3-2-4-16(21)24-26-18(14-6-9-22-23(10-14)31-13-30-22)12-19(27-24)17-11-15(25)7-8-20(17)28/h2-12,19,24,26-28H,13H2,1H3/p+1. The van der Waals surface area contributed by atoms with Crippen LogP contribution in [0.25, 0.3) is 5.70 Å². The molecule has 0 saturated heterocycles. The maximum atomic E-state index is 10.6. The summed E-state index contributed by atoms with van der Waals surface area (Å²) in [6.45, 7) is 0.234. The van der Waals surface area contributed by atoms with Crippen molar-refractivity contribution < 1.29 is 24.6 Å². The van der Waals surface area contributed by atoms with Gasteiger partial charge in [0, 0.05) is 21.8 Å². The highest BCUT2D eigenvalue weighted by Crippen LogP contribution is 2.37. The Hall–Kier alpha value is -3.16. The summed E-state index contributed by atoms with van der Waals surface area (Å²) < 4.78 is 17.6. The number of phenols is 1. The third-order valence-corrected chi connectivity index (χ3v) is 6.06. The van der Waals surface area contributed by atoms with E-state index in [1.165, 1.54) is 0 Å². The van der Waals surface area contributed by atoms with Crippen LogP contribution in [0.4, 0.5) is 0 Å². The van der Waals surface area contributed by atoms with Gasteiger partial charge < -0.3 is 30.0 Å². The molecule has 0 spiro atoms. The average molecular weight is 482 g/mol. The molecule has 0 fully saturated rings. The van der Waals surface area contributed by atoms with Gasteiger partial charge in [0.25, 0.3) is 0 Å². The quantitative estimate of drug-likeness (QED) is 0.527. The molecule has 0 aliphatic carbocycles. The van der Waals surface area contributed by atoms with Crippen molar-refractivity contribution in [3.05, 3.63) is 87.9 Å². The molecule has 2 heterocycles. The van der Waals surface area contributed by atoms with E-state index in [9.17, 15) is 5.11 Å². The Morgan fingerprint density at radius 3 is 2.74 bits per heavy atom. The molecule has 158 valence electrons. The Morgan fingerprint density at radius 1 is 1.03 bits per heavy atom. The van der Waals surface area contributed by atoms with Crippen LogP contribution in [0.5, 0.6) is 23.0 Å². The van der Waals surface area contributed by atoms with Gasteiger partial charge >= 0.3 is 0 Å². The highest BCUT2D eigenvalue weighted by atomic mass is 79.9. The fourth-order valence-electron chi connectivity index (χ4n) is 4.04. The van der Waals surface area contributed by atoms with Crippen LogP contribution in [0.1, 0.15) is 28.9 Å². The lowest BCUT2D eigenvalue weighted by molar-refractivity contribution is -0.731. The Labute approximate surface area is 188 Å². The Morgan fingerprint density at radius 2 is 1.87 bits per heavy atom. The van der Waals surface area contributed by atoms with Crippen molar-refractivity contribution in [2.24, 2.45) is 0 Å². The van der Waals surface area contributed by atoms with E-state index in [4.69, 9.17) is 14.2 Å². The van der Waals surface area contributed by atoms with Crippen molar-refractivity contribution in [1.29, 1.82) is 0 Å². The van der Waals surface area contributed by atoms with Gasteiger partial charge in [-0.05, 0) is 48.5 Å². The lowest BCUT2D eigenvalue weighted by Crippen LogP contribution is -2.89. The molecular weight excluding hydrogens is 460 g/mol. The number of rotatable bonds is 4. The van der Waals surface area contributed by atoms with E-state index in [1.54, 1.807) is 13.2 Å². The molecule has 0 amide bonds. The van der Waals surface area contributed by atoms with Gasteiger partial charge in [0.1, 0.15) is 17.5 Å². The molecule has 0 radical (unpaired) electrons. The minimum absolute atomic E-state index is 0.117. The molecule has 6 nitrogen and oxygen atoms in total. The molecule has 31 heavy (non-hydrogen) atoms. The van der Waals surface area contributed by atoms with Crippen LogP contribution < -0.4 is 24.8 Å². The van der Waals surface area contributed by atoms with Gasteiger partial charge in [0.15, 0.2) is 17.7 Å². The molecule has 4 N–H and O–H groups in total. The molecule has 3 aromatic carbocycles. The van der Waals surface area contributed by atoms with E-state index < -0.39 is 0 Å². The number of benzene rings is 3. The van der Waals surface area contributed by atoms with Crippen LogP contribution in [0.15, 0.2) is 71.2 Å². The summed E-state index contributed by atoms with van der Waals surface area (Å²) in [5.74, 6) is 2.53. The molecule has 0 aromatic heterocycles. The van der Waals surface area contributed by atoms with Gasteiger partial charge in [0.2, 0.25) is 6.79 Å². The number of methoxy groups -OCH3 is 1. The fourth-order valence-corrected chi connectivity index (χ4v) is 4.42. The summed E-state index contributed by atoms with van der Waals surface area (Å²) in [7, 11) is 1.67. The predicted molar refractivity (Wildman–Crippen MR) is 120 cm³/mol. The molecule has 2 aliphatic rings. The third-order valence-electron chi connectivity index (χ3n) is 5.56. The number of hydrogen-bond donors (Lipinski definition) is 3. The second-order valence-electron chi connectivity index (χ2n) is 7.43. The molecule has 2 aliphatic heterocycles. The highest BCUT2D eigenvalue weighted by molar-refractivity contribution is 9.10. The second kappa shape index (κ2) is 8.17. The summed E-state index contributed by atoms with van der Waals surface area (Å²) in [5.41, 5.74) is 3.78. The van der Waals surface area contributed by atoms with Crippen molar-refractivity contribution in [2.75, 3.05) is 13.9 Å². The highest BCUT2D eigenvalue weighted by Gasteiger charge is 2.31. The number of quaternary nitrogens is 1. The number of ether oxygens (including phenoxy) is 3. The summed E-state index contributed by atoms with van der Waals surface area (Å²) in [4.78, 5) is 0. The molecular formula is C24H22BrN2O4+. The SMILES string of the molecule is COc1ccccc1C1NC(c2ccc3c(c2)OCO3)=CC(c2cc(Br)ccc2O)[NH2+]1. The molecule has 0 bridgehead atoms. The predicted octanol–water partition coefficient (Wildman–Crippen LogP) is 3.84. The zero-order chi connectivity index (χ0) is 21.4. The summed E-state index contributed by atoms with van der Waals surface area (Å²) in [6.07, 6.45) is 2.00. The molecule has 5 rings (SSSR count). The zero-order valence-corrected chi connectivity index (χ0v) is 18.4. The van der Waals surface area contributed by atoms with Gasteiger partial charge in [-0.25, -0.2) is 0 Å². The molecule has 2 atom stereocenters. The van der Waals surface area contributed by atoms with Crippen molar-refractivity contribution in [2.45, 2.75) is 12.2 Å². The first-order valence-corrected chi connectivity index (χ1v) is 10.8. The van der Waals surface area contributed by atoms with Crippen LogP contribution in [-0.4, -0.2) is 19.0 Å². The lowest BCUT2D eigenvalue weighted by atomic mass is 9.97. The maximum Gasteiger partial charge on any atom is 0.231 e. The smallest absolute Gasteiger partial charge is 0.231 e. The Kier molecular flexibility index (Phi) is 5.21. The van der Waals surface area contributed by atoms with Gasteiger partial charge in [0.05, 0.1) is 18.2 Å². The normalized spacial score (nSPS) is 19.5. The fraction of sp³-hybridized carbons (Fsp3) is 0.167. The number of para-hydroxylation sites is 1. The number of aromatic hydroxyl groups is 1. The molecule has 2 unspecified atom stereocenters. The number of fused-ring (bicyclic) bond motifs is 1. The molecule has 7 heteroatoms. The van der Waals surface area contributed by atoms with Gasteiger partial charge in [-0.3, -0.25) is 0 Å². The van der Waals surface area contributed by atoms with Crippen LogP contribution in [0.2, 0.25) is 0 Å². The number of nitrogens with one attached hydrogen (secondary N) is 1. The first-order valence-electron chi connectivity index (χ1n) is 9.97. The van der Waals surface area contributed by atoms with E-state index in [0.717, 1.165) is 44.1 Å². The minimum atomic E-state index is -0.120.